The number of carbonyl (C=O) groups is 1. The van der Waals surface area contributed by atoms with Gasteiger partial charge in [-0.15, -0.1) is 0 Å². The third-order valence-electron chi connectivity index (χ3n) is 1.81. The lowest BCUT2D eigenvalue weighted by atomic mass is 10.3. The summed E-state index contributed by atoms with van der Waals surface area (Å²) in [6, 6.07) is 0. The molecule has 6 nitrogen and oxygen atoms in total. The van der Waals surface area contributed by atoms with E-state index in [2.05, 4.69) is 0 Å². The van der Waals surface area contributed by atoms with E-state index in [1.165, 1.54) is 0 Å². The molecular formula is C9H20ClNO5S. The van der Waals surface area contributed by atoms with Crippen LogP contribution in [0.5, 0.6) is 0 Å². The number of halogens is 1. The molecule has 0 aliphatic heterocycles. The Morgan fingerprint density at radius 1 is 1.29 bits per heavy atom. The summed E-state index contributed by atoms with van der Waals surface area (Å²) < 4.78 is 34.7. The fourth-order valence-corrected chi connectivity index (χ4v) is 1.41. The van der Waals surface area contributed by atoms with Crippen LogP contribution in [0.4, 0.5) is 0 Å². The van der Waals surface area contributed by atoms with Gasteiger partial charge in [0, 0.05) is 6.42 Å². The Labute approximate surface area is 109 Å². The fourth-order valence-electron chi connectivity index (χ4n) is 0.904. The molecule has 104 valence electrons. The fraction of sp³-hybridized carbons (Fsp3) is 0.889. The lowest BCUT2D eigenvalue weighted by Crippen LogP contribution is -3.00. The van der Waals surface area contributed by atoms with Gasteiger partial charge in [-0.05, 0) is 6.42 Å². The van der Waals surface area contributed by atoms with Crippen molar-refractivity contribution >= 4 is 16.1 Å². The van der Waals surface area contributed by atoms with E-state index in [1.54, 1.807) is 0 Å². The molecule has 0 heterocycles. The molecule has 0 saturated heterocycles. The minimum Gasteiger partial charge on any atom is -1.00 e. The van der Waals surface area contributed by atoms with Crippen LogP contribution in [0, 0.1) is 0 Å². The van der Waals surface area contributed by atoms with Gasteiger partial charge in [-0.1, -0.05) is 0 Å². The van der Waals surface area contributed by atoms with Crippen molar-refractivity contribution < 1.29 is 39.4 Å². The molecule has 0 aromatic rings. The third-order valence-corrected chi connectivity index (χ3v) is 2.61. The van der Waals surface area contributed by atoms with Crippen molar-refractivity contribution in [3.05, 3.63) is 0 Å². The zero-order valence-corrected chi connectivity index (χ0v) is 11.9. The summed E-state index contributed by atoms with van der Waals surface area (Å²) in [6.45, 7) is 1.01. The number of ether oxygens (including phenoxy) is 1. The molecule has 1 N–H and O–H groups in total. The molecule has 0 aromatic carbocycles. The standard InChI is InChI=1S/C9H19NO5S.ClH/c1-10(2,3)6-7-15-9(11)5-4-8-16(12,13)14;/h4-8H2,1-3H3;1H. The van der Waals surface area contributed by atoms with Gasteiger partial charge in [0.05, 0.1) is 26.9 Å². The highest BCUT2D eigenvalue weighted by Gasteiger charge is 2.11. The first-order valence-electron chi connectivity index (χ1n) is 5.01. The number of likely N-dealkylation sites (N-methyl/N-ethyl adjacent to an activating group) is 1. The van der Waals surface area contributed by atoms with Gasteiger partial charge in [0.25, 0.3) is 10.1 Å². The van der Waals surface area contributed by atoms with Gasteiger partial charge < -0.3 is 21.6 Å². The van der Waals surface area contributed by atoms with Crippen LogP contribution in [0.1, 0.15) is 12.8 Å². The van der Waals surface area contributed by atoms with Crippen molar-refractivity contribution in [2.75, 3.05) is 40.0 Å². The largest absolute Gasteiger partial charge is 1.00 e. The molecule has 0 fully saturated rings. The van der Waals surface area contributed by atoms with E-state index in [-0.39, 0.29) is 25.2 Å². The quantitative estimate of drug-likeness (QED) is 0.305. The van der Waals surface area contributed by atoms with Gasteiger partial charge in [0.2, 0.25) is 0 Å². The first-order chi connectivity index (χ1) is 7.10. The Morgan fingerprint density at radius 3 is 2.24 bits per heavy atom. The topological polar surface area (TPSA) is 80.7 Å². The summed E-state index contributed by atoms with van der Waals surface area (Å²) in [5.41, 5.74) is 0. The molecule has 0 atom stereocenters. The molecule has 0 aliphatic carbocycles. The van der Waals surface area contributed by atoms with Crippen LogP contribution in [0.25, 0.3) is 0 Å². The molecule has 8 heteroatoms. The van der Waals surface area contributed by atoms with Crippen LogP contribution in [-0.2, 0) is 19.6 Å². The van der Waals surface area contributed by atoms with Crippen molar-refractivity contribution in [3.8, 4) is 0 Å². The van der Waals surface area contributed by atoms with E-state index in [0.29, 0.717) is 17.6 Å². The Bertz CT molecular complexity index is 323. The van der Waals surface area contributed by atoms with Gasteiger partial charge in [-0.3, -0.25) is 9.35 Å². The molecular weight excluding hydrogens is 270 g/mol. The zero-order chi connectivity index (χ0) is 12.8. The van der Waals surface area contributed by atoms with Crippen LogP contribution in [0.2, 0.25) is 0 Å². The van der Waals surface area contributed by atoms with E-state index in [4.69, 9.17) is 9.29 Å². The molecule has 0 unspecified atom stereocenters. The molecule has 0 saturated carbocycles. The van der Waals surface area contributed by atoms with Crippen molar-refractivity contribution in [2.45, 2.75) is 12.8 Å². The van der Waals surface area contributed by atoms with Gasteiger partial charge in [-0.2, -0.15) is 8.42 Å². The van der Waals surface area contributed by atoms with Crippen molar-refractivity contribution in [3.63, 3.8) is 0 Å². The average Bonchev–Trinajstić information content (AvgIpc) is 1.98. The zero-order valence-electron chi connectivity index (χ0n) is 10.3. The highest BCUT2D eigenvalue weighted by molar-refractivity contribution is 7.85. The maximum atomic E-state index is 11.1. The van der Waals surface area contributed by atoms with Crippen LogP contribution in [0.3, 0.4) is 0 Å². The molecule has 0 radical (unpaired) electrons. The molecule has 0 amide bonds. The van der Waals surface area contributed by atoms with Crippen LogP contribution in [-0.4, -0.2) is 63.5 Å². The number of quaternary nitrogens is 1. The SMILES string of the molecule is C[N+](C)(C)CCOC(=O)CCCS(=O)(=O)O.[Cl-]. The minimum absolute atomic E-state index is 0. The summed E-state index contributed by atoms with van der Waals surface area (Å²) in [4.78, 5) is 11.1. The first-order valence-corrected chi connectivity index (χ1v) is 6.62. The third kappa shape index (κ3) is 15.6. The number of rotatable bonds is 7. The van der Waals surface area contributed by atoms with Gasteiger partial charge in [0.15, 0.2) is 0 Å². The van der Waals surface area contributed by atoms with E-state index in [1.807, 2.05) is 21.1 Å². The van der Waals surface area contributed by atoms with E-state index < -0.39 is 21.8 Å². The van der Waals surface area contributed by atoms with Crippen molar-refractivity contribution in [2.24, 2.45) is 0 Å². The summed E-state index contributed by atoms with van der Waals surface area (Å²) in [5.74, 6) is -0.839. The summed E-state index contributed by atoms with van der Waals surface area (Å²) >= 11 is 0. The smallest absolute Gasteiger partial charge is 0.306 e. The monoisotopic (exact) mass is 289 g/mol. The van der Waals surface area contributed by atoms with Gasteiger partial charge in [-0.25, -0.2) is 0 Å². The number of hydrogen-bond acceptors (Lipinski definition) is 4. The van der Waals surface area contributed by atoms with Crippen LogP contribution in [0.15, 0.2) is 0 Å². The molecule has 17 heavy (non-hydrogen) atoms. The highest BCUT2D eigenvalue weighted by Crippen LogP contribution is 1.97. The van der Waals surface area contributed by atoms with Gasteiger partial charge in [0.1, 0.15) is 13.2 Å². The number of nitrogens with zero attached hydrogens (tertiary/aromatic N) is 1. The Kier molecular flexibility index (Phi) is 8.78. The van der Waals surface area contributed by atoms with Crippen LogP contribution >= 0.6 is 0 Å². The molecule has 0 spiro atoms. The summed E-state index contributed by atoms with van der Waals surface area (Å²) in [5, 5.41) is 0. The molecule has 0 aliphatic rings. The normalized spacial score (nSPS) is 11.8. The molecule has 0 rings (SSSR count). The summed E-state index contributed by atoms with van der Waals surface area (Å²) in [7, 11) is 1.96. The second kappa shape index (κ2) is 7.86. The molecule has 0 aromatic heterocycles. The Morgan fingerprint density at radius 2 is 1.82 bits per heavy atom. The molecule has 0 bridgehead atoms. The lowest BCUT2D eigenvalue weighted by molar-refractivity contribution is -0.870. The number of carbonyl (C=O) groups excluding carboxylic acids is 1. The average molecular weight is 290 g/mol. The Balaban J connectivity index is 0. The van der Waals surface area contributed by atoms with Gasteiger partial charge >= 0.3 is 5.97 Å². The summed E-state index contributed by atoms with van der Waals surface area (Å²) in [6.07, 6.45) is 0.0962. The van der Waals surface area contributed by atoms with Crippen LogP contribution < -0.4 is 12.4 Å². The predicted octanol–water partition coefficient (Wildman–Crippen LogP) is -3.09. The number of esters is 1. The highest BCUT2D eigenvalue weighted by atomic mass is 35.5. The maximum absolute atomic E-state index is 11.1. The lowest BCUT2D eigenvalue weighted by Gasteiger charge is -2.23. The van der Waals surface area contributed by atoms with E-state index in [0.717, 1.165) is 0 Å². The number of hydrogen-bond donors (Lipinski definition) is 1. The van der Waals surface area contributed by atoms with Crippen molar-refractivity contribution in [1.82, 2.24) is 0 Å². The Hall–Kier alpha value is -0.370. The van der Waals surface area contributed by atoms with Crippen molar-refractivity contribution in [1.29, 1.82) is 0 Å². The second-order valence-corrected chi connectivity index (χ2v) is 6.20. The second-order valence-electron chi connectivity index (χ2n) is 4.62. The minimum atomic E-state index is -3.97. The van der Waals surface area contributed by atoms with E-state index in [9.17, 15) is 13.2 Å². The predicted molar refractivity (Wildman–Crippen MR) is 59.5 cm³/mol. The first kappa shape index (κ1) is 19.0. The van der Waals surface area contributed by atoms with E-state index >= 15 is 0 Å². The maximum Gasteiger partial charge on any atom is 0.306 e.